The highest BCUT2D eigenvalue weighted by molar-refractivity contribution is 5.72. The van der Waals surface area contributed by atoms with Crippen molar-refractivity contribution < 1.29 is 19.0 Å². The molecule has 2 atom stereocenters. The summed E-state index contributed by atoms with van der Waals surface area (Å²) < 4.78 is 15.6. The number of nitrogens with two attached hydrogens (primary N) is 1. The van der Waals surface area contributed by atoms with Crippen LogP contribution in [-0.2, 0) is 9.53 Å². The number of carbonyl (C=O) groups excluding carboxylic acids is 1. The van der Waals surface area contributed by atoms with Crippen molar-refractivity contribution in [2.45, 2.75) is 26.3 Å². The van der Waals surface area contributed by atoms with Gasteiger partial charge in [-0.1, -0.05) is 13.0 Å². The first-order chi connectivity index (χ1) is 9.54. The Morgan fingerprint density at radius 3 is 2.25 bits per heavy atom. The molecule has 0 aliphatic carbocycles. The van der Waals surface area contributed by atoms with E-state index in [1.807, 2.05) is 18.2 Å². The zero-order chi connectivity index (χ0) is 15.1. The Morgan fingerprint density at radius 1 is 1.25 bits per heavy atom. The van der Waals surface area contributed by atoms with E-state index in [0.717, 1.165) is 5.56 Å². The monoisotopic (exact) mass is 281 g/mol. The predicted molar refractivity (Wildman–Crippen MR) is 76.9 cm³/mol. The molecule has 0 bridgehead atoms. The third-order valence-corrected chi connectivity index (χ3v) is 3.13. The number of ether oxygens (including phenoxy) is 3. The van der Waals surface area contributed by atoms with Crippen molar-refractivity contribution in [1.29, 1.82) is 0 Å². The number of rotatable bonds is 7. The van der Waals surface area contributed by atoms with Gasteiger partial charge in [0.1, 0.15) is 11.5 Å². The van der Waals surface area contributed by atoms with E-state index in [2.05, 4.69) is 0 Å². The normalized spacial score (nSPS) is 13.4. The van der Waals surface area contributed by atoms with Crippen LogP contribution in [0.25, 0.3) is 0 Å². The van der Waals surface area contributed by atoms with E-state index in [1.54, 1.807) is 28.1 Å². The number of benzene rings is 1. The topological polar surface area (TPSA) is 70.8 Å². The summed E-state index contributed by atoms with van der Waals surface area (Å²) >= 11 is 0. The van der Waals surface area contributed by atoms with Crippen molar-refractivity contribution in [2.24, 2.45) is 11.7 Å². The van der Waals surface area contributed by atoms with Gasteiger partial charge in [0.15, 0.2) is 0 Å². The van der Waals surface area contributed by atoms with Crippen molar-refractivity contribution in [3.63, 3.8) is 0 Å². The molecule has 1 aromatic carbocycles. The summed E-state index contributed by atoms with van der Waals surface area (Å²) in [4.78, 5) is 11.7. The Balaban J connectivity index is 2.91. The molecular weight excluding hydrogens is 258 g/mol. The fraction of sp³-hybridized carbons (Fsp3) is 0.533. The number of esters is 1. The Labute approximate surface area is 120 Å². The van der Waals surface area contributed by atoms with Crippen LogP contribution in [0.2, 0.25) is 0 Å². The lowest BCUT2D eigenvalue weighted by Crippen LogP contribution is -2.22. The molecule has 0 heterocycles. The smallest absolute Gasteiger partial charge is 0.308 e. The molecule has 0 amide bonds. The second-order valence-electron chi connectivity index (χ2n) is 4.57. The second-order valence-corrected chi connectivity index (χ2v) is 4.57. The summed E-state index contributed by atoms with van der Waals surface area (Å²) in [6, 6.07) is 5.13. The predicted octanol–water partition coefficient (Wildman–Crippen LogP) is 2.29. The lowest BCUT2D eigenvalue weighted by atomic mass is 9.95. The molecule has 0 aliphatic rings. The van der Waals surface area contributed by atoms with Crippen LogP contribution < -0.4 is 15.2 Å². The molecule has 0 spiro atoms. The highest BCUT2D eigenvalue weighted by Crippen LogP contribution is 2.35. The maximum atomic E-state index is 11.7. The highest BCUT2D eigenvalue weighted by Gasteiger charge is 2.23. The van der Waals surface area contributed by atoms with Gasteiger partial charge >= 0.3 is 5.97 Å². The van der Waals surface area contributed by atoms with Gasteiger partial charge in [-0.2, -0.15) is 0 Å². The molecule has 0 aliphatic heterocycles. The maximum absolute atomic E-state index is 11.7. The SMILES string of the molecule is CCOC(=O)[C@H](C)C[C@H](N)c1c(OC)cccc1OC. The number of hydrogen-bond acceptors (Lipinski definition) is 5. The van der Waals surface area contributed by atoms with E-state index in [4.69, 9.17) is 19.9 Å². The molecule has 1 aromatic rings. The van der Waals surface area contributed by atoms with Gasteiger partial charge in [-0.15, -0.1) is 0 Å². The first-order valence-corrected chi connectivity index (χ1v) is 6.68. The van der Waals surface area contributed by atoms with Crippen LogP contribution in [0.1, 0.15) is 31.9 Å². The lowest BCUT2D eigenvalue weighted by molar-refractivity contribution is -0.147. The fourth-order valence-electron chi connectivity index (χ4n) is 2.12. The van der Waals surface area contributed by atoms with Crippen molar-refractivity contribution >= 4 is 5.97 Å². The Morgan fingerprint density at radius 2 is 1.80 bits per heavy atom. The van der Waals surface area contributed by atoms with Crippen LogP contribution in [0.15, 0.2) is 18.2 Å². The van der Waals surface area contributed by atoms with Crippen LogP contribution in [-0.4, -0.2) is 26.8 Å². The molecule has 5 nitrogen and oxygen atoms in total. The standard InChI is InChI=1S/C15H23NO4/c1-5-20-15(17)10(2)9-11(16)14-12(18-3)7-6-8-13(14)19-4/h6-8,10-11H,5,9,16H2,1-4H3/t10-,11+/m1/s1. The molecular formula is C15H23NO4. The average molecular weight is 281 g/mol. The van der Waals surface area contributed by atoms with E-state index in [1.165, 1.54) is 0 Å². The summed E-state index contributed by atoms with van der Waals surface area (Å²) in [5.74, 6) is 0.803. The molecule has 0 fully saturated rings. The quantitative estimate of drug-likeness (QED) is 0.776. The van der Waals surface area contributed by atoms with Gasteiger partial charge in [0, 0.05) is 6.04 Å². The first kappa shape index (κ1) is 16.3. The fourth-order valence-corrected chi connectivity index (χ4v) is 2.12. The summed E-state index contributed by atoms with van der Waals surface area (Å²) in [7, 11) is 3.17. The minimum Gasteiger partial charge on any atom is -0.496 e. The second kappa shape index (κ2) is 7.75. The summed E-state index contributed by atoms with van der Waals surface area (Å²) in [5, 5.41) is 0. The largest absolute Gasteiger partial charge is 0.496 e. The lowest BCUT2D eigenvalue weighted by Gasteiger charge is -2.21. The third kappa shape index (κ3) is 3.87. The molecule has 20 heavy (non-hydrogen) atoms. The van der Waals surface area contributed by atoms with Crippen LogP contribution in [0.4, 0.5) is 0 Å². The number of hydrogen-bond donors (Lipinski definition) is 1. The molecule has 112 valence electrons. The molecule has 2 N–H and O–H groups in total. The summed E-state index contributed by atoms with van der Waals surface area (Å²) in [5.41, 5.74) is 6.99. The average Bonchev–Trinajstić information content (AvgIpc) is 2.46. The van der Waals surface area contributed by atoms with Crippen LogP contribution in [0.3, 0.4) is 0 Å². The molecule has 0 aromatic heterocycles. The van der Waals surface area contributed by atoms with Crippen molar-refractivity contribution in [3.8, 4) is 11.5 Å². The van der Waals surface area contributed by atoms with Gasteiger partial charge in [0.2, 0.25) is 0 Å². The van der Waals surface area contributed by atoms with Gasteiger partial charge in [0.25, 0.3) is 0 Å². The van der Waals surface area contributed by atoms with Gasteiger partial charge in [-0.25, -0.2) is 0 Å². The molecule has 0 unspecified atom stereocenters. The molecule has 0 radical (unpaired) electrons. The zero-order valence-corrected chi connectivity index (χ0v) is 12.5. The van der Waals surface area contributed by atoms with Crippen molar-refractivity contribution in [2.75, 3.05) is 20.8 Å². The van der Waals surface area contributed by atoms with E-state index < -0.39 is 0 Å². The minimum atomic E-state index is -0.361. The Kier molecular flexibility index (Phi) is 6.31. The van der Waals surface area contributed by atoms with E-state index in [0.29, 0.717) is 24.5 Å². The minimum absolute atomic E-state index is 0.239. The van der Waals surface area contributed by atoms with Crippen LogP contribution in [0.5, 0.6) is 11.5 Å². The summed E-state index contributed by atoms with van der Waals surface area (Å²) in [6.45, 7) is 3.96. The molecule has 0 saturated heterocycles. The third-order valence-electron chi connectivity index (χ3n) is 3.13. The van der Waals surface area contributed by atoms with E-state index in [-0.39, 0.29) is 17.9 Å². The Bertz CT molecular complexity index is 425. The van der Waals surface area contributed by atoms with Crippen LogP contribution >= 0.6 is 0 Å². The van der Waals surface area contributed by atoms with Gasteiger partial charge in [-0.3, -0.25) is 4.79 Å². The zero-order valence-electron chi connectivity index (χ0n) is 12.5. The maximum Gasteiger partial charge on any atom is 0.308 e. The van der Waals surface area contributed by atoms with Gasteiger partial charge < -0.3 is 19.9 Å². The number of methoxy groups -OCH3 is 2. The summed E-state index contributed by atoms with van der Waals surface area (Å²) in [6.07, 6.45) is 0.468. The number of carbonyl (C=O) groups is 1. The van der Waals surface area contributed by atoms with Crippen LogP contribution in [0, 0.1) is 5.92 Å². The van der Waals surface area contributed by atoms with Gasteiger partial charge in [0.05, 0.1) is 32.3 Å². The first-order valence-electron chi connectivity index (χ1n) is 6.68. The molecule has 0 saturated carbocycles. The van der Waals surface area contributed by atoms with E-state index >= 15 is 0 Å². The van der Waals surface area contributed by atoms with Crippen molar-refractivity contribution in [1.82, 2.24) is 0 Å². The van der Waals surface area contributed by atoms with Crippen molar-refractivity contribution in [3.05, 3.63) is 23.8 Å². The van der Waals surface area contributed by atoms with E-state index in [9.17, 15) is 4.79 Å². The van der Waals surface area contributed by atoms with Gasteiger partial charge in [-0.05, 0) is 25.5 Å². The Hall–Kier alpha value is -1.75. The highest BCUT2D eigenvalue weighted by atomic mass is 16.5. The molecule has 1 rings (SSSR count). The molecule has 5 heteroatoms.